The van der Waals surface area contributed by atoms with E-state index in [9.17, 15) is 24.3 Å². The summed E-state index contributed by atoms with van der Waals surface area (Å²) in [6, 6.07) is 2.00. The molecule has 2 heterocycles. The van der Waals surface area contributed by atoms with Gasteiger partial charge in [0.1, 0.15) is 34.2 Å². The van der Waals surface area contributed by atoms with Crippen molar-refractivity contribution in [3.63, 3.8) is 0 Å². The van der Waals surface area contributed by atoms with Crippen LogP contribution >= 0.6 is 45.2 Å². The van der Waals surface area contributed by atoms with Crippen LogP contribution in [0.2, 0.25) is 0 Å². The Labute approximate surface area is 656 Å². The Hall–Kier alpha value is -2.78. The standard InChI is InChI=1S/C30H49IO3.C30H50O3.C28H47IO3.3CH4/c1-20(2)12-9-13-21(3)14-10-15-22(4)16-11-18-30(8)19-17-26-27(31)29(33-25(7)32)24(6)23(5)28(26)34-30;1-21(2)12-9-13-22(3)14-10-15-23(4)16-11-18-30(8)19-17-27-20-28(32-26(7)31)24(5)25(6)29(27)33-30;1-19(2)11-8-12-20(3)13-9-14-21(4)15-10-17-28(7,32)18-16-24-25(29)27(31)23(6)22(5)26(24)30;;;/h20-22H,9-19H2,1-8H3;20-23H,9-19H2,1-8H3;19-21,32H,8-18H2,1-7H3;3*1H4. The highest BCUT2D eigenvalue weighted by Gasteiger charge is 2.37. The van der Waals surface area contributed by atoms with E-state index in [1.165, 1.54) is 166 Å². The molecule has 5 rings (SSSR count). The number of ether oxygens (including phenoxy) is 4. The SMILES string of the molecule is C.C.C.CC(=O)Oc1c(C)c(C)c2c(c1I)CCC(C)(CCCC(C)CCCC(C)CCCC(C)C)O2.CC(=O)Oc1cc2c(c(C)c1C)OC(C)(CCCC(C)CCCC(C)CCCC(C)C)CC2.CC1=C(C)C(=O)C(CCC(C)(O)CCCC(C)CCCC(C)CCCC(C)C)=C(I)C1=O. The van der Waals surface area contributed by atoms with E-state index in [1.54, 1.807) is 13.8 Å². The molecule has 1 N–H and O–H groups in total. The maximum absolute atomic E-state index is 12.6. The van der Waals surface area contributed by atoms with E-state index < -0.39 is 5.60 Å². The lowest BCUT2D eigenvalue weighted by molar-refractivity contribution is -0.132. The van der Waals surface area contributed by atoms with Crippen LogP contribution in [0.5, 0.6) is 23.0 Å². The van der Waals surface area contributed by atoms with Gasteiger partial charge in [0, 0.05) is 36.1 Å². The summed E-state index contributed by atoms with van der Waals surface area (Å²) < 4.78 is 25.8. The molecule has 0 fully saturated rings. The average Bonchev–Trinajstić information content (AvgIpc) is 0.783. The molecule has 9 nitrogen and oxygen atoms in total. The van der Waals surface area contributed by atoms with Crippen LogP contribution in [0.25, 0.3) is 0 Å². The van der Waals surface area contributed by atoms with Crippen molar-refractivity contribution in [1.29, 1.82) is 0 Å². The predicted molar refractivity (Wildman–Crippen MR) is 456 cm³/mol. The second-order valence-electron chi connectivity index (χ2n) is 34.4. The van der Waals surface area contributed by atoms with E-state index in [-0.39, 0.29) is 57.0 Å². The molecule has 1 aliphatic carbocycles. The number of benzene rings is 2. The summed E-state index contributed by atoms with van der Waals surface area (Å²) in [6.07, 6.45) is 39.5. The van der Waals surface area contributed by atoms with Crippen molar-refractivity contribution < 1.29 is 43.2 Å². The highest BCUT2D eigenvalue weighted by atomic mass is 127. The zero-order valence-corrected chi connectivity index (χ0v) is 71.9. The third-order valence-electron chi connectivity index (χ3n) is 22.6. The van der Waals surface area contributed by atoms with Gasteiger partial charge in [-0.2, -0.15) is 0 Å². The van der Waals surface area contributed by atoms with E-state index >= 15 is 0 Å². The minimum absolute atomic E-state index is 0. The summed E-state index contributed by atoms with van der Waals surface area (Å²) in [7, 11) is 0. The number of hydrogen-bond acceptors (Lipinski definition) is 9. The van der Waals surface area contributed by atoms with Gasteiger partial charge in [0.05, 0.1) is 12.8 Å². The van der Waals surface area contributed by atoms with Crippen molar-refractivity contribution in [1.82, 2.24) is 0 Å². The maximum Gasteiger partial charge on any atom is 0.308 e. The van der Waals surface area contributed by atoms with Gasteiger partial charge >= 0.3 is 11.9 Å². The summed E-state index contributed by atoms with van der Waals surface area (Å²) in [5.41, 5.74) is 7.25. The summed E-state index contributed by atoms with van der Waals surface area (Å²) in [5, 5.41) is 10.9. The van der Waals surface area contributed by atoms with E-state index in [1.807, 2.05) is 49.4 Å². The lowest BCUT2D eigenvalue weighted by Gasteiger charge is -2.38. The number of allylic oxidation sites excluding steroid dienone is 4. The number of Topliss-reactive ketones (excluding diaryl/α,β-unsaturated/α-hetero) is 2. The number of hydrogen-bond donors (Lipinski definition) is 1. The van der Waals surface area contributed by atoms with Gasteiger partial charge in [0.25, 0.3) is 0 Å². The van der Waals surface area contributed by atoms with Crippen molar-refractivity contribution >= 4 is 68.7 Å². The molecular formula is C91H158I2O9. The molecule has 9 atom stereocenters. The molecular weight excluding hydrogens is 1490 g/mol. The van der Waals surface area contributed by atoms with Gasteiger partial charge in [-0.15, -0.1) is 0 Å². The molecule has 0 saturated heterocycles. The lowest BCUT2D eigenvalue weighted by atomic mass is 9.84. The first-order chi connectivity index (χ1) is 46.3. The monoisotopic (exact) mass is 1650 g/mol. The van der Waals surface area contributed by atoms with E-state index in [4.69, 9.17) is 18.9 Å². The summed E-state index contributed by atoms with van der Waals surface area (Å²) in [5.74, 6) is 10.1. The first-order valence-corrected chi connectivity index (χ1v) is 42.0. The molecule has 590 valence electrons. The molecule has 0 aromatic heterocycles. The fourth-order valence-corrected chi connectivity index (χ4v) is 16.9. The molecule has 2 aromatic rings. The van der Waals surface area contributed by atoms with Gasteiger partial charge in [0.2, 0.25) is 0 Å². The highest BCUT2D eigenvalue weighted by Crippen LogP contribution is 2.47. The van der Waals surface area contributed by atoms with Crippen LogP contribution in [-0.2, 0) is 32.0 Å². The zero-order valence-electron chi connectivity index (χ0n) is 67.6. The minimum atomic E-state index is -0.804. The van der Waals surface area contributed by atoms with Crippen LogP contribution in [0.1, 0.15) is 386 Å². The molecule has 0 bridgehead atoms. The van der Waals surface area contributed by atoms with Crippen LogP contribution in [0.3, 0.4) is 0 Å². The number of fused-ring (bicyclic) bond motifs is 2. The number of carbonyl (C=O) groups excluding carboxylic acids is 4. The minimum Gasteiger partial charge on any atom is -0.487 e. The average molecular weight is 1650 g/mol. The van der Waals surface area contributed by atoms with Gasteiger partial charge in [-0.05, 0) is 265 Å². The molecule has 9 unspecified atom stereocenters. The summed E-state index contributed by atoms with van der Waals surface area (Å²) in [4.78, 5) is 47.9. The number of aliphatic hydroxyl groups is 1. The number of esters is 2. The van der Waals surface area contributed by atoms with E-state index in [0.29, 0.717) is 50.6 Å². The van der Waals surface area contributed by atoms with Crippen molar-refractivity contribution in [3.8, 4) is 23.0 Å². The van der Waals surface area contributed by atoms with E-state index in [2.05, 4.69) is 133 Å². The molecule has 0 spiro atoms. The number of aryl methyl sites for hydroxylation is 1. The summed E-state index contributed by atoms with van der Waals surface area (Å²) in [6.45, 7) is 49.3. The summed E-state index contributed by atoms with van der Waals surface area (Å²) >= 11 is 4.31. The predicted octanol–water partition coefficient (Wildman–Crippen LogP) is 28.1. The van der Waals surface area contributed by atoms with Crippen molar-refractivity contribution in [3.05, 3.63) is 63.3 Å². The maximum atomic E-state index is 12.6. The molecule has 2 aromatic carbocycles. The normalized spacial score (nSPS) is 18.8. The fraction of sp³-hybridized carbons (Fsp3) is 0.780. The number of carbonyl (C=O) groups is 4. The zero-order chi connectivity index (χ0) is 74.5. The first-order valence-electron chi connectivity index (χ1n) is 39.9. The Morgan fingerprint density at radius 2 is 0.843 bits per heavy atom. The Morgan fingerprint density at radius 3 is 1.25 bits per heavy atom. The van der Waals surface area contributed by atoms with Gasteiger partial charge in [-0.25, -0.2) is 0 Å². The molecule has 0 saturated carbocycles. The molecule has 0 radical (unpaired) electrons. The third kappa shape index (κ3) is 36.0. The van der Waals surface area contributed by atoms with Gasteiger partial charge in [0.15, 0.2) is 11.6 Å². The molecule has 3 aliphatic rings. The molecule has 0 amide bonds. The van der Waals surface area contributed by atoms with Crippen molar-refractivity contribution in [2.75, 3.05) is 0 Å². The Kier molecular flexibility index (Phi) is 48.0. The Balaban J connectivity index is 0.00000148. The van der Waals surface area contributed by atoms with Gasteiger partial charge < -0.3 is 24.1 Å². The van der Waals surface area contributed by atoms with Crippen LogP contribution in [0.4, 0.5) is 0 Å². The number of ketones is 2. The largest absolute Gasteiger partial charge is 0.487 e. The van der Waals surface area contributed by atoms with Crippen LogP contribution in [-0.4, -0.2) is 45.4 Å². The number of halogens is 2. The topological polar surface area (TPSA) is 125 Å². The molecule has 11 heteroatoms. The van der Waals surface area contributed by atoms with Crippen molar-refractivity contribution in [2.24, 2.45) is 53.3 Å². The second-order valence-corrected chi connectivity index (χ2v) is 36.5. The number of rotatable bonds is 41. The van der Waals surface area contributed by atoms with Crippen LogP contribution in [0.15, 0.2) is 26.4 Å². The Morgan fingerprint density at radius 1 is 0.490 bits per heavy atom. The van der Waals surface area contributed by atoms with Gasteiger partial charge in [-0.3, -0.25) is 19.2 Å². The van der Waals surface area contributed by atoms with Crippen molar-refractivity contribution in [2.45, 2.75) is 410 Å². The van der Waals surface area contributed by atoms with Crippen LogP contribution < -0.4 is 18.9 Å². The third-order valence-corrected chi connectivity index (χ3v) is 24.9. The lowest BCUT2D eigenvalue weighted by Crippen LogP contribution is -2.37. The highest BCUT2D eigenvalue weighted by molar-refractivity contribution is 14.1. The quantitative estimate of drug-likeness (QED) is 0.0300. The Bertz CT molecular complexity index is 2890. The van der Waals surface area contributed by atoms with Gasteiger partial charge in [-0.1, -0.05) is 247 Å². The van der Waals surface area contributed by atoms with E-state index in [0.717, 1.165) is 142 Å². The second kappa shape index (κ2) is 49.3. The smallest absolute Gasteiger partial charge is 0.308 e. The van der Waals surface area contributed by atoms with Crippen LogP contribution in [0, 0.1) is 84.5 Å². The molecule has 2 aliphatic heterocycles. The molecule has 102 heavy (non-hydrogen) atoms. The first kappa shape index (κ1) is 99.2. The fourth-order valence-electron chi connectivity index (χ4n) is 15.0.